The normalized spacial score (nSPS) is 11.4. The van der Waals surface area contributed by atoms with Crippen LogP contribution in [0.3, 0.4) is 0 Å². The van der Waals surface area contributed by atoms with Gasteiger partial charge in [0.2, 0.25) is 0 Å². The first kappa shape index (κ1) is 13.8. The Morgan fingerprint density at radius 1 is 1.44 bits per heavy atom. The van der Waals surface area contributed by atoms with Gasteiger partial charge in [0.25, 0.3) is 0 Å². The van der Waals surface area contributed by atoms with Crippen LogP contribution in [-0.2, 0) is 0 Å². The van der Waals surface area contributed by atoms with Gasteiger partial charge in [-0.2, -0.15) is 0 Å². The van der Waals surface area contributed by atoms with E-state index in [-0.39, 0.29) is 17.9 Å². The van der Waals surface area contributed by atoms with E-state index in [4.69, 9.17) is 10.9 Å². The second-order valence-electron chi connectivity index (χ2n) is 4.17. The molecule has 0 unspecified atom stereocenters. The molecule has 0 saturated carbocycles. The minimum Gasteiger partial charge on any atom is -0.409 e. The van der Waals surface area contributed by atoms with Gasteiger partial charge in [0.05, 0.1) is 5.69 Å². The summed E-state index contributed by atoms with van der Waals surface area (Å²) in [5, 5.41) is 14.4. The van der Waals surface area contributed by atoms with Gasteiger partial charge < -0.3 is 16.3 Å². The van der Waals surface area contributed by atoms with Crippen molar-refractivity contribution in [3.8, 4) is 0 Å². The van der Waals surface area contributed by atoms with Crippen LogP contribution in [-0.4, -0.2) is 30.2 Å². The number of amides is 2. The topological polar surface area (TPSA) is 91.0 Å². The molecule has 1 aromatic carbocycles. The predicted octanol–water partition coefficient (Wildman–Crippen LogP) is 1.34. The van der Waals surface area contributed by atoms with Crippen molar-refractivity contribution in [2.75, 3.05) is 11.9 Å². The summed E-state index contributed by atoms with van der Waals surface area (Å²) in [5.74, 6) is -0.0326. The number of hydrogen-bond acceptors (Lipinski definition) is 3. The van der Waals surface area contributed by atoms with E-state index < -0.39 is 0 Å². The summed E-state index contributed by atoms with van der Waals surface area (Å²) in [7, 11) is 1.63. The Morgan fingerprint density at radius 3 is 2.61 bits per heavy atom. The molecule has 0 atom stereocenters. The fourth-order valence-corrected chi connectivity index (χ4v) is 1.49. The molecular formula is C12H18N4O2. The average Bonchev–Trinajstić information content (AvgIpc) is 2.36. The average molecular weight is 250 g/mol. The standard InChI is InChI=1S/C12H18N4O2/c1-8(2)14-12(17)16(3)10-7-5-4-6-9(10)11(13)15-18/h4-8,18H,1-3H3,(H2,13,15)(H,14,17). The van der Waals surface area contributed by atoms with Gasteiger partial charge in [-0.05, 0) is 26.0 Å². The van der Waals surface area contributed by atoms with Gasteiger partial charge in [-0.1, -0.05) is 17.3 Å². The van der Waals surface area contributed by atoms with Crippen molar-refractivity contribution in [1.29, 1.82) is 0 Å². The molecule has 0 spiro atoms. The van der Waals surface area contributed by atoms with Crippen LogP contribution in [0.2, 0.25) is 0 Å². The van der Waals surface area contributed by atoms with Crippen LogP contribution in [0.4, 0.5) is 10.5 Å². The summed E-state index contributed by atoms with van der Waals surface area (Å²) in [6.07, 6.45) is 0. The van der Waals surface area contributed by atoms with Gasteiger partial charge in [0, 0.05) is 18.7 Å². The zero-order valence-corrected chi connectivity index (χ0v) is 10.7. The summed E-state index contributed by atoms with van der Waals surface area (Å²) in [6.45, 7) is 3.75. The van der Waals surface area contributed by atoms with Gasteiger partial charge in [-0.3, -0.25) is 4.90 Å². The van der Waals surface area contributed by atoms with E-state index in [1.807, 2.05) is 13.8 Å². The summed E-state index contributed by atoms with van der Waals surface area (Å²) in [6, 6.07) is 6.74. The number of oxime groups is 1. The third kappa shape index (κ3) is 3.13. The number of carbonyl (C=O) groups is 1. The highest BCUT2D eigenvalue weighted by Crippen LogP contribution is 2.19. The fraction of sp³-hybridized carbons (Fsp3) is 0.333. The Labute approximate surface area is 106 Å². The van der Waals surface area contributed by atoms with E-state index in [1.165, 1.54) is 4.90 Å². The predicted molar refractivity (Wildman–Crippen MR) is 71.0 cm³/mol. The third-order valence-electron chi connectivity index (χ3n) is 2.37. The van der Waals surface area contributed by atoms with Crippen LogP contribution in [0.15, 0.2) is 29.4 Å². The highest BCUT2D eigenvalue weighted by Gasteiger charge is 2.16. The van der Waals surface area contributed by atoms with Gasteiger partial charge in [0.15, 0.2) is 5.84 Å². The van der Waals surface area contributed by atoms with Gasteiger partial charge in [-0.25, -0.2) is 4.79 Å². The third-order valence-corrected chi connectivity index (χ3v) is 2.37. The molecule has 0 aliphatic carbocycles. The molecule has 0 fully saturated rings. The molecule has 0 saturated heterocycles. The van der Waals surface area contributed by atoms with Crippen molar-refractivity contribution >= 4 is 17.6 Å². The minimum atomic E-state index is -0.247. The number of rotatable bonds is 3. The summed E-state index contributed by atoms with van der Waals surface area (Å²) < 4.78 is 0. The number of anilines is 1. The number of para-hydroxylation sites is 1. The molecule has 0 aromatic heterocycles. The van der Waals surface area contributed by atoms with Gasteiger partial charge in [0.1, 0.15) is 0 Å². The molecule has 0 aliphatic heterocycles. The molecule has 0 radical (unpaired) electrons. The fourth-order valence-electron chi connectivity index (χ4n) is 1.49. The Morgan fingerprint density at radius 2 is 2.06 bits per heavy atom. The Bertz CT molecular complexity index is 457. The maximum Gasteiger partial charge on any atom is 0.321 e. The molecule has 0 bridgehead atoms. The first-order valence-electron chi connectivity index (χ1n) is 5.58. The van der Waals surface area contributed by atoms with E-state index >= 15 is 0 Å². The number of amidine groups is 1. The quantitative estimate of drug-likeness (QED) is 0.327. The van der Waals surface area contributed by atoms with E-state index in [9.17, 15) is 4.79 Å². The maximum atomic E-state index is 11.9. The Balaban J connectivity index is 3.06. The van der Waals surface area contributed by atoms with Crippen molar-refractivity contribution in [1.82, 2.24) is 5.32 Å². The lowest BCUT2D eigenvalue weighted by molar-refractivity contribution is 0.245. The molecule has 1 aromatic rings. The Kier molecular flexibility index (Phi) is 4.53. The monoisotopic (exact) mass is 250 g/mol. The second kappa shape index (κ2) is 5.90. The summed E-state index contributed by atoms with van der Waals surface area (Å²) in [4.78, 5) is 13.3. The van der Waals surface area contributed by atoms with Crippen molar-refractivity contribution in [3.63, 3.8) is 0 Å². The number of urea groups is 1. The van der Waals surface area contributed by atoms with E-state index in [2.05, 4.69) is 10.5 Å². The number of nitrogens with two attached hydrogens (primary N) is 1. The van der Waals surface area contributed by atoms with Crippen LogP contribution >= 0.6 is 0 Å². The largest absolute Gasteiger partial charge is 0.409 e. The molecule has 0 heterocycles. The SMILES string of the molecule is CC(C)NC(=O)N(C)c1ccccc1C(N)=NO. The van der Waals surface area contributed by atoms with Gasteiger partial charge in [-0.15, -0.1) is 0 Å². The van der Waals surface area contributed by atoms with Crippen molar-refractivity contribution in [2.45, 2.75) is 19.9 Å². The first-order valence-corrected chi connectivity index (χ1v) is 5.58. The van der Waals surface area contributed by atoms with Crippen molar-refractivity contribution in [2.24, 2.45) is 10.9 Å². The van der Waals surface area contributed by atoms with E-state index in [0.29, 0.717) is 11.3 Å². The molecule has 98 valence electrons. The van der Waals surface area contributed by atoms with Crippen LogP contribution in [0.5, 0.6) is 0 Å². The number of benzene rings is 1. The van der Waals surface area contributed by atoms with Crippen LogP contribution < -0.4 is 16.0 Å². The molecule has 2 amide bonds. The highest BCUT2D eigenvalue weighted by atomic mass is 16.4. The van der Waals surface area contributed by atoms with E-state index in [0.717, 1.165) is 0 Å². The molecule has 6 nitrogen and oxygen atoms in total. The maximum absolute atomic E-state index is 11.9. The smallest absolute Gasteiger partial charge is 0.321 e. The summed E-state index contributed by atoms with van der Waals surface area (Å²) in [5.41, 5.74) is 6.65. The first-order chi connectivity index (χ1) is 8.47. The lowest BCUT2D eigenvalue weighted by Gasteiger charge is -2.22. The molecular weight excluding hydrogens is 232 g/mol. The van der Waals surface area contributed by atoms with Crippen LogP contribution in [0.1, 0.15) is 19.4 Å². The number of carbonyl (C=O) groups excluding carboxylic acids is 1. The number of hydrogen-bond donors (Lipinski definition) is 3. The molecule has 0 aliphatic rings. The molecule has 4 N–H and O–H groups in total. The highest BCUT2D eigenvalue weighted by molar-refractivity contribution is 6.05. The minimum absolute atomic E-state index is 0.0326. The van der Waals surface area contributed by atoms with Crippen LogP contribution in [0, 0.1) is 0 Å². The molecule has 18 heavy (non-hydrogen) atoms. The van der Waals surface area contributed by atoms with E-state index in [1.54, 1.807) is 31.3 Å². The second-order valence-corrected chi connectivity index (χ2v) is 4.17. The number of nitrogens with zero attached hydrogens (tertiary/aromatic N) is 2. The van der Waals surface area contributed by atoms with Gasteiger partial charge >= 0.3 is 6.03 Å². The Hall–Kier alpha value is -2.24. The van der Waals surface area contributed by atoms with Crippen molar-refractivity contribution in [3.05, 3.63) is 29.8 Å². The summed E-state index contributed by atoms with van der Waals surface area (Å²) >= 11 is 0. The molecule has 6 heteroatoms. The number of nitrogens with one attached hydrogen (secondary N) is 1. The van der Waals surface area contributed by atoms with Crippen LogP contribution in [0.25, 0.3) is 0 Å². The molecule has 1 rings (SSSR count). The zero-order chi connectivity index (χ0) is 13.7. The lowest BCUT2D eigenvalue weighted by atomic mass is 10.1. The van der Waals surface area contributed by atoms with Crippen molar-refractivity contribution < 1.29 is 10.0 Å². The zero-order valence-electron chi connectivity index (χ0n) is 10.7. The lowest BCUT2D eigenvalue weighted by Crippen LogP contribution is -2.41.